The Morgan fingerprint density at radius 3 is 1.08 bits per heavy atom. The molecule has 4 aromatic carbocycles. The molecule has 0 heterocycles. The molecule has 0 aliphatic heterocycles. The van der Waals surface area contributed by atoms with E-state index in [0.717, 1.165) is 0 Å². The second-order valence-electron chi connectivity index (χ2n) is 9.64. The van der Waals surface area contributed by atoms with E-state index in [0.29, 0.717) is 0 Å². The fourth-order valence-electron chi connectivity index (χ4n) is 3.98. The molecule has 0 spiro atoms. The van der Waals surface area contributed by atoms with E-state index in [1.807, 2.05) is 0 Å². The summed E-state index contributed by atoms with van der Waals surface area (Å²) < 4.78 is 0. The highest BCUT2D eigenvalue weighted by atomic mass is 14.3. The molecule has 0 radical (unpaired) electrons. The van der Waals surface area contributed by atoms with Crippen molar-refractivity contribution in [2.75, 3.05) is 0 Å². The minimum Gasteiger partial charge on any atom is -0.0616 e. The van der Waals surface area contributed by atoms with Crippen LogP contribution in [0.5, 0.6) is 0 Å². The number of fused-ring (bicyclic) bond motifs is 3. The lowest BCUT2D eigenvalue weighted by atomic mass is 9.74. The van der Waals surface area contributed by atoms with Gasteiger partial charge in [-0.25, -0.2) is 0 Å². The van der Waals surface area contributed by atoms with Crippen LogP contribution < -0.4 is 0 Å². The van der Waals surface area contributed by atoms with E-state index in [1.165, 1.54) is 43.4 Å². The van der Waals surface area contributed by atoms with Crippen LogP contribution in [-0.4, -0.2) is 0 Å². The average Bonchev–Trinajstić information content (AvgIpc) is 2.55. The molecular weight excluding hydrogens is 312 g/mol. The summed E-state index contributed by atoms with van der Waals surface area (Å²) in [6.07, 6.45) is 0. The molecule has 0 atom stereocenters. The number of hydrogen-bond donors (Lipinski definition) is 0. The quantitative estimate of drug-likeness (QED) is 0.287. The summed E-state index contributed by atoms with van der Waals surface area (Å²) in [7, 11) is 0. The van der Waals surface area contributed by atoms with E-state index in [4.69, 9.17) is 0 Å². The van der Waals surface area contributed by atoms with E-state index >= 15 is 0 Å². The molecule has 0 heteroatoms. The van der Waals surface area contributed by atoms with Crippen molar-refractivity contribution in [1.82, 2.24) is 0 Å². The van der Waals surface area contributed by atoms with Crippen molar-refractivity contribution in [2.45, 2.75) is 52.4 Å². The van der Waals surface area contributed by atoms with E-state index in [1.54, 1.807) is 0 Å². The third-order valence-corrected chi connectivity index (χ3v) is 5.41. The Balaban J connectivity index is 2.08. The minimum absolute atomic E-state index is 0.134. The van der Waals surface area contributed by atoms with Crippen molar-refractivity contribution >= 4 is 32.3 Å². The summed E-state index contributed by atoms with van der Waals surface area (Å²) >= 11 is 0. The van der Waals surface area contributed by atoms with Gasteiger partial charge in [0.15, 0.2) is 0 Å². The van der Waals surface area contributed by atoms with Gasteiger partial charge in [-0.3, -0.25) is 0 Å². The molecule has 0 aromatic heterocycles. The Morgan fingerprint density at radius 1 is 0.423 bits per heavy atom. The van der Waals surface area contributed by atoms with Gasteiger partial charge in [-0.15, -0.1) is 0 Å². The summed E-state index contributed by atoms with van der Waals surface area (Å²) in [5.41, 5.74) is 3.18. The third kappa shape index (κ3) is 2.88. The van der Waals surface area contributed by atoms with Crippen molar-refractivity contribution in [3.8, 4) is 0 Å². The van der Waals surface area contributed by atoms with Gasteiger partial charge in [0.05, 0.1) is 0 Å². The molecule has 0 bridgehead atoms. The molecule has 0 amide bonds. The van der Waals surface area contributed by atoms with Crippen LogP contribution >= 0.6 is 0 Å². The van der Waals surface area contributed by atoms with Crippen molar-refractivity contribution in [3.63, 3.8) is 0 Å². The topological polar surface area (TPSA) is 0 Å². The number of rotatable bonds is 0. The van der Waals surface area contributed by atoms with Crippen LogP contribution in [-0.2, 0) is 10.8 Å². The normalized spacial score (nSPS) is 13.0. The Hall–Kier alpha value is -2.34. The van der Waals surface area contributed by atoms with Gasteiger partial charge < -0.3 is 0 Å². The maximum atomic E-state index is 2.42. The molecule has 132 valence electrons. The molecule has 0 N–H and O–H groups in total. The molecule has 4 aromatic rings. The predicted octanol–water partition coefficient (Wildman–Crippen LogP) is 7.74. The lowest BCUT2D eigenvalue weighted by Crippen LogP contribution is -2.21. The van der Waals surface area contributed by atoms with Gasteiger partial charge >= 0.3 is 0 Å². The Labute approximate surface area is 156 Å². The molecule has 0 saturated heterocycles. The van der Waals surface area contributed by atoms with E-state index in [9.17, 15) is 0 Å². The minimum atomic E-state index is 0.134. The fourth-order valence-corrected chi connectivity index (χ4v) is 3.98. The smallest absolute Gasteiger partial charge is 0.0129 e. The van der Waals surface area contributed by atoms with Gasteiger partial charge in [0, 0.05) is 0 Å². The molecule has 0 saturated carbocycles. The van der Waals surface area contributed by atoms with Crippen LogP contribution in [0.15, 0.2) is 60.7 Å². The van der Waals surface area contributed by atoms with Gasteiger partial charge in [-0.05, 0) is 78.5 Å². The number of benzene rings is 4. The van der Waals surface area contributed by atoms with Crippen LogP contribution in [0.2, 0.25) is 0 Å². The van der Waals surface area contributed by atoms with Gasteiger partial charge in [0.25, 0.3) is 0 Å². The van der Waals surface area contributed by atoms with Crippen molar-refractivity contribution < 1.29 is 0 Å². The zero-order valence-electron chi connectivity index (χ0n) is 16.8. The zero-order valence-corrected chi connectivity index (χ0v) is 16.8. The molecule has 0 fully saturated rings. The van der Waals surface area contributed by atoms with Crippen LogP contribution in [0.25, 0.3) is 32.3 Å². The average molecular weight is 341 g/mol. The monoisotopic (exact) mass is 340 g/mol. The van der Waals surface area contributed by atoms with Gasteiger partial charge in [-0.2, -0.15) is 0 Å². The first-order valence-electron chi connectivity index (χ1n) is 9.54. The van der Waals surface area contributed by atoms with E-state index in [2.05, 4.69) is 102 Å². The third-order valence-electron chi connectivity index (χ3n) is 5.41. The Bertz CT molecular complexity index is 1040. The molecule has 0 nitrogen and oxygen atoms in total. The highest BCUT2D eigenvalue weighted by Crippen LogP contribution is 2.38. The van der Waals surface area contributed by atoms with E-state index < -0.39 is 0 Å². The van der Waals surface area contributed by atoms with Crippen LogP contribution in [0.1, 0.15) is 52.7 Å². The maximum absolute atomic E-state index is 2.42. The molecule has 0 unspecified atom stereocenters. The number of hydrogen-bond acceptors (Lipinski definition) is 0. The summed E-state index contributed by atoms with van der Waals surface area (Å²) in [5, 5.41) is 7.93. The first kappa shape index (κ1) is 17.1. The van der Waals surface area contributed by atoms with Crippen molar-refractivity contribution in [3.05, 3.63) is 71.8 Å². The van der Waals surface area contributed by atoms with E-state index in [-0.39, 0.29) is 10.8 Å². The summed E-state index contributed by atoms with van der Waals surface area (Å²) in [6.45, 7) is 13.9. The zero-order chi connectivity index (χ0) is 18.7. The van der Waals surface area contributed by atoms with Gasteiger partial charge in [0.2, 0.25) is 0 Å². The fraction of sp³-hybridized carbons (Fsp3) is 0.308. The summed E-state index contributed by atoms with van der Waals surface area (Å²) in [5.74, 6) is 0. The lowest BCUT2D eigenvalue weighted by molar-refractivity contribution is 0.531. The summed E-state index contributed by atoms with van der Waals surface area (Å²) in [4.78, 5) is 0. The van der Waals surface area contributed by atoms with Crippen LogP contribution in [0.3, 0.4) is 0 Å². The summed E-state index contributed by atoms with van der Waals surface area (Å²) in [6, 6.07) is 22.8. The molecular formula is C26H28. The molecule has 4 rings (SSSR count). The highest BCUT2D eigenvalue weighted by molar-refractivity contribution is 6.05. The largest absolute Gasteiger partial charge is 0.0616 e. The second-order valence-corrected chi connectivity index (χ2v) is 9.64. The van der Waals surface area contributed by atoms with Gasteiger partial charge in [0.1, 0.15) is 0 Å². The molecule has 26 heavy (non-hydrogen) atoms. The first-order valence-corrected chi connectivity index (χ1v) is 9.54. The second kappa shape index (κ2) is 5.58. The maximum Gasteiger partial charge on any atom is -0.0129 e. The predicted molar refractivity (Wildman–Crippen MR) is 116 cm³/mol. The standard InChI is InChI=1S/C26H28/c1-25(2,3)23-15-21-13-19-11-17-9-7-8-10-18(17)12-20(19)14-22(21)16-24(23)26(4,5)6/h7-16H,1-6H3. The van der Waals surface area contributed by atoms with Crippen molar-refractivity contribution in [1.29, 1.82) is 0 Å². The highest BCUT2D eigenvalue weighted by Gasteiger charge is 2.25. The van der Waals surface area contributed by atoms with Crippen LogP contribution in [0, 0.1) is 0 Å². The lowest BCUT2D eigenvalue weighted by Gasteiger charge is -2.30. The Morgan fingerprint density at radius 2 is 0.731 bits per heavy atom. The van der Waals surface area contributed by atoms with Crippen molar-refractivity contribution in [2.24, 2.45) is 0 Å². The molecule has 0 aliphatic carbocycles. The SMILES string of the molecule is CC(C)(C)c1cc2cc3cc4ccccc4cc3cc2cc1C(C)(C)C. The van der Waals surface area contributed by atoms with Gasteiger partial charge in [-0.1, -0.05) is 77.9 Å². The van der Waals surface area contributed by atoms with Crippen LogP contribution in [0.4, 0.5) is 0 Å². The molecule has 0 aliphatic rings. The Kier molecular flexibility index (Phi) is 3.67. The first-order chi connectivity index (χ1) is 12.1.